The first-order chi connectivity index (χ1) is 18.0. The standard InChI is InChI=1S/C29H26ClN3O4/c1-36-23-8-2-20(3-9-23)4-13-28(34)21-5-10-24(11-6-21)37-19-29(35)33-17-16-32-26-14-15-31-27-18-22(30)7-12-25(26)27/h2-15,18H,16-17,19H2,1H3,(H,31,32)(H,33,35)/b13-4+. The summed E-state index contributed by atoms with van der Waals surface area (Å²) in [4.78, 5) is 28.9. The van der Waals surface area contributed by atoms with Crippen molar-refractivity contribution in [2.45, 2.75) is 0 Å². The molecule has 1 heterocycles. The minimum Gasteiger partial charge on any atom is -0.497 e. The van der Waals surface area contributed by atoms with E-state index >= 15 is 0 Å². The van der Waals surface area contributed by atoms with Crippen LogP contribution in [-0.4, -0.2) is 43.5 Å². The molecular weight excluding hydrogens is 490 g/mol. The molecule has 0 fully saturated rings. The van der Waals surface area contributed by atoms with E-state index in [9.17, 15) is 9.59 Å². The fraction of sp³-hybridized carbons (Fsp3) is 0.138. The molecule has 0 saturated heterocycles. The predicted octanol–water partition coefficient (Wildman–Crippen LogP) is 5.40. The Balaban J connectivity index is 1.19. The summed E-state index contributed by atoms with van der Waals surface area (Å²) in [6.07, 6.45) is 4.98. The van der Waals surface area contributed by atoms with Gasteiger partial charge in [-0.05, 0) is 72.3 Å². The summed E-state index contributed by atoms with van der Waals surface area (Å²) >= 11 is 6.03. The molecule has 0 aliphatic rings. The highest BCUT2D eigenvalue weighted by molar-refractivity contribution is 6.31. The van der Waals surface area contributed by atoms with Crippen LogP contribution in [0.3, 0.4) is 0 Å². The Hall–Kier alpha value is -4.36. The number of nitrogens with one attached hydrogen (secondary N) is 2. The minimum atomic E-state index is -0.240. The van der Waals surface area contributed by atoms with Crippen LogP contribution < -0.4 is 20.1 Å². The lowest BCUT2D eigenvalue weighted by molar-refractivity contribution is -0.123. The van der Waals surface area contributed by atoms with Gasteiger partial charge in [0.25, 0.3) is 5.91 Å². The van der Waals surface area contributed by atoms with Crippen LogP contribution in [-0.2, 0) is 4.79 Å². The van der Waals surface area contributed by atoms with E-state index in [4.69, 9.17) is 21.1 Å². The largest absolute Gasteiger partial charge is 0.497 e. The van der Waals surface area contributed by atoms with Crippen molar-refractivity contribution in [3.05, 3.63) is 101 Å². The summed E-state index contributed by atoms with van der Waals surface area (Å²) in [5.74, 6) is 0.897. The van der Waals surface area contributed by atoms with Gasteiger partial charge in [0.1, 0.15) is 11.5 Å². The van der Waals surface area contributed by atoms with Crippen LogP contribution in [0.15, 0.2) is 85.1 Å². The molecule has 8 heteroatoms. The number of fused-ring (bicyclic) bond motifs is 1. The Morgan fingerprint density at radius 3 is 2.46 bits per heavy atom. The maximum Gasteiger partial charge on any atom is 0.258 e. The van der Waals surface area contributed by atoms with Gasteiger partial charge in [-0.15, -0.1) is 0 Å². The number of methoxy groups -OCH3 is 1. The highest BCUT2D eigenvalue weighted by atomic mass is 35.5. The zero-order valence-corrected chi connectivity index (χ0v) is 21.0. The van der Waals surface area contributed by atoms with Gasteiger partial charge in [-0.3, -0.25) is 14.6 Å². The number of ketones is 1. The van der Waals surface area contributed by atoms with Crippen molar-refractivity contribution in [2.75, 3.05) is 32.1 Å². The van der Waals surface area contributed by atoms with Crippen LogP contribution >= 0.6 is 11.6 Å². The Bertz CT molecular complexity index is 1400. The van der Waals surface area contributed by atoms with Crippen LogP contribution in [0.4, 0.5) is 5.69 Å². The van der Waals surface area contributed by atoms with Crippen LogP contribution in [0.1, 0.15) is 15.9 Å². The fourth-order valence-electron chi connectivity index (χ4n) is 3.57. The minimum absolute atomic E-state index is 0.124. The molecule has 188 valence electrons. The number of halogens is 1. The number of anilines is 1. The van der Waals surface area contributed by atoms with E-state index in [1.807, 2.05) is 48.5 Å². The Labute approximate surface area is 220 Å². The zero-order chi connectivity index (χ0) is 26.0. The van der Waals surface area contributed by atoms with Gasteiger partial charge in [-0.1, -0.05) is 29.8 Å². The van der Waals surface area contributed by atoms with Crippen LogP contribution in [0.2, 0.25) is 5.02 Å². The number of ether oxygens (including phenoxy) is 2. The van der Waals surface area contributed by atoms with E-state index in [-0.39, 0.29) is 18.3 Å². The molecule has 0 aliphatic carbocycles. The number of nitrogens with zero attached hydrogens (tertiary/aromatic N) is 1. The van der Waals surface area contributed by atoms with Gasteiger partial charge in [-0.2, -0.15) is 0 Å². The molecule has 0 spiro atoms. The second-order valence-electron chi connectivity index (χ2n) is 8.08. The third kappa shape index (κ3) is 7.32. The van der Waals surface area contributed by atoms with E-state index in [2.05, 4.69) is 15.6 Å². The number of carbonyl (C=O) groups is 2. The second kappa shape index (κ2) is 12.6. The molecule has 0 atom stereocenters. The van der Waals surface area contributed by atoms with Gasteiger partial charge in [0.05, 0.1) is 12.6 Å². The van der Waals surface area contributed by atoms with Crippen molar-refractivity contribution in [2.24, 2.45) is 0 Å². The molecule has 2 N–H and O–H groups in total. The number of benzene rings is 3. The highest BCUT2D eigenvalue weighted by Crippen LogP contribution is 2.24. The molecule has 0 radical (unpaired) electrons. The average molecular weight is 516 g/mol. The molecule has 4 rings (SSSR count). The summed E-state index contributed by atoms with van der Waals surface area (Å²) in [5.41, 5.74) is 3.14. The number of amides is 1. The lowest BCUT2D eigenvalue weighted by Crippen LogP contribution is -2.32. The van der Waals surface area contributed by atoms with Gasteiger partial charge in [0, 0.05) is 40.9 Å². The molecule has 0 bridgehead atoms. The first-order valence-corrected chi connectivity index (χ1v) is 12.0. The van der Waals surface area contributed by atoms with Crippen molar-refractivity contribution in [3.8, 4) is 11.5 Å². The van der Waals surface area contributed by atoms with E-state index < -0.39 is 0 Å². The smallest absolute Gasteiger partial charge is 0.258 e. The van der Waals surface area contributed by atoms with Crippen molar-refractivity contribution in [1.82, 2.24) is 10.3 Å². The number of carbonyl (C=O) groups excluding carboxylic acids is 2. The molecule has 37 heavy (non-hydrogen) atoms. The van der Waals surface area contributed by atoms with Gasteiger partial charge < -0.3 is 20.1 Å². The number of hydrogen-bond donors (Lipinski definition) is 2. The number of pyridine rings is 1. The Morgan fingerprint density at radius 2 is 1.70 bits per heavy atom. The number of aromatic nitrogens is 1. The molecular formula is C29H26ClN3O4. The van der Waals surface area contributed by atoms with Crippen LogP contribution in [0.5, 0.6) is 11.5 Å². The lowest BCUT2D eigenvalue weighted by Gasteiger charge is -2.11. The van der Waals surface area contributed by atoms with E-state index in [0.29, 0.717) is 29.4 Å². The average Bonchev–Trinajstić information content (AvgIpc) is 2.93. The summed E-state index contributed by atoms with van der Waals surface area (Å²) in [6, 6.07) is 21.5. The van der Waals surface area contributed by atoms with E-state index in [0.717, 1.165) is 27.9 Å². The third-order valence-electron chi connectivity index (χ3n) is 5.52. The monoisotopic (exact) mass is 515 g/mol. The molecule has 0 saturated carbocycles. The summed E-state index contributed by atoms with van der Waals surface area (Å²) in [5, 5.41) is 7.70. The number of rotatable bonds is 11. The van der Waals surface area contributed by atoms with Crippen molar-refractivity contribution >= 4 is 46.0 Å². The third-order valence-corrected chi connectivity index (χ3v) is 5.75. The summed E-state index contributed by atoms with van der Waals surface area (Å²) in [6.45, 7) is 0.837. The molecule has 4 aromatic rings. The van der Waals surface area contributed by atoms with Crippen LogP contribution in [0.25, 0.3) is 17.0 Å². The molecule has 1 amide bonds. The summed E-state index contributed by atoms with van der Waals surface area (Å²) < 4.78 is 10.7. The van der Waals surface area contributed by atoms with E-state index in [1.165, 1.54) is 6.08 Å². The fourth-order valence-corrected chi connectivity index (χ4v) is 3.74. The van der Waals surface area contributed by atoms with Gasteiger partial charge in [-0.25, -0.2) is 0 Å². The number of allylic oxidation sites excluding steroid dienone is 1. The second-order valence-corrected chi connectivity index (χ2v) is 8.52. The zero-order valence-electron chi connectivity index (χ0n) is 20.2. The normalized spacial score (nSPS) is 10.9. The van der Waals surface area contributed by atoms with Crippen molar-refractivity contribution in [1.29, 1.82) is 0 Å². The molecule has 0 aliphatic heterocycles. The van der Waals surface area contributed by atoms with Crippen molar-refractivity contribution in [3.63, 3.8) is 0 Å². The molecule has 0 unspecified atom stereocenters. The summed E-state index contributed by atoms with van der Waals surface area (Å²) in [7, 11) is 1.61. The first-order valence-electron chi connectivity index (χ1n) is 11.7. The molecule has 3 aromatic carbocycles. The first kappa shape index (κ1) is 25.7. The highest BCUT2D eigenvalue weighted by Gasteiger charge is 2.06. The van der Waals surface area contributed by atoms with Gasteiger partial charge in [0.15, 0.2) is 12.4 Å². The maximum absolute atomic E-state index is 12.4. The SMILES string of the molecule is COc1ccc(/C=C/C(=O)c2ccc(OCC(=O)NCCNc3ccnc4cc(Cl)ccc34)cc2)cc1. The molecule has 1 aromatic heterocycles. The van der Waals surface area contributed by atoms with E-state index in [1.54, 1.807) is 43.6 Å². The number of hydrogen-bond acceptors (Lipinski definition) is 6. The maximum atomic E-state index is 12.4. The predicted molar refractivity (Wildman–Crippen MR) is 147 cm³/mol. The Morgan fingerprint density at radius 1 is 0.946 bits per heavy atom. The van der Waals surface area contributed by atoms with Crippen molar-refractivity contribution < 1.29 is 19.1 Å². The van der Waals surface area contributed by atoms with Gasteiger partial charge >= 0.3 is 0 Å². The van der Waals surface area contributed by atoms with Crippen LogP contribution in [0, 0.1) is 0 Å². The molecule has 7 nitrogen and oxygen atoms in total. The topological polar surface area (TPSA) is 89.5 Å². The Kier molecular flexibility index (Phi) is 8.73. The quantitative estimate of drug-likeness (QED) is 0.158. The lowest BCUT2D eigenvalue weighted by atomic mass is 10.1. The van der Waals surface area contributed by atoms with Gasteiger partial charge in [0.2, 0.25) is 0 Å².